The predicted molar refractivity (Wildman–Crippen MR) is 63.9 cm³/mol. The van der Waals surface area contributed by atoms with E-state index in [-0.39, 0.29) is 0 Å². The summed E-state index contributed by atoms with van der Waals surface area (Å²) < 4.78 is 0. The molecule has 0 atom stereocenters. The van der Waals surface area contributed by atoms with E-state index in [2.05, 4.69) is 6.58 Å². The van der Waals surface area contributed by atoms with Gasteiger partial charge in [0.2, 0.25) is 0 Å². The molecule has 0 bridgehead atoms. The molecule has 0 aliphatic rings. The second-order valence-corrected chi connectivity index (χ2v) is 3.92. The van der Waals surface area contributed by atoms with Crippen LogP contribution in [0.15, 0.2) is 24.3 Å². The number of carbonyl (C=O) groups is 1. The summed E-state index contributed by atoms with van der Waals surface area (Å²) in [6.45, 7) is 5.56. The normalized spacial score (nSPS) is 11.4. The van der Waals surface area contributed by atoms with Crippen LogP contribution in [0.1, 0.15) is 51.9 Å². The summed E-state index contributed by atoms with van der Waals surface area (Å²) in [7, 11) is 0. The zero-order chi connectivity index (χ0) is 11.5. The van der Waals surface area contributed by atoms with Crippen molar-refractivity contribution in [2.75, 3.05) is 0 Å². The quantitative estimate of drug-likeness (QED) is 0.355. The molecule has 0 saturated heterocycles. The molecule has 0 saturated carbocycles. The molecule has 0 fully saturated rings. The van der Waals surface area contributed by atoms with Crippen molar-refractivity contribution in [2.24, 2.45) is 0 Å². The van der Waals surface area contributed by atoms with Gasteiger partial charge in [-0.2, -0.15) is 0 Å². The molecule has 0 unspecified atom stereocenters. The van der Waals surface area contributed by atoms with Crippen LogP contribution in [0.4, 0.5) is 0 Å². The Bertz CT molecular complexity index is 217. The van der Waals surface area contributed by atoms with E-state index in [1.165, 1.54) is 31.8 Å². The van der Waals surface area contributed by atoms with E-state index in [4.69, 9.17) is 5.11 Å². The predicted octanol–water partition coefficient (Wildman–Crippen LogP) is 3.93. The van der Waals surface area contributed by atoms with Crippen molar-refractivity contribution in [2.45, 2.75) is 51.9 Å². The zero-order valence-corrected chi connectivity index (χ0v) is 9.67. The molecular formula is C13H22O2. The van der Waals surface area contributed by atoms with Gasteiger partial charge in [0, 0.05) is 6.08 Å². The average Bonchev–Trinajstić information content (AvgIpc) is 2.15. The SMILES string of the molecule is C=CCCCCCCCC(C)=CC(=O)O. The van der Waals surface area contributed by atoms with Crippen LogP contribution in [-0.2, 0) is 4.79 Å². The molecule has 1 N–H and O–H groups in total. The van der Waals surface area contributed by atoms with E-state index < -0.39 is 5.97 Å². The van der Waals surface area contributed by atoms with Gasteiger partial charge in [0.15, 0.2) is 0 Å². The molecule has 2 nitrogen and oxygen atoms in total. The van der Waals surface area contributed by atoms with Gasteiger partial charge in [-0.25, -0.2) is 4.79 Å². The highest BCUT2D eigenvalue weighted by atomic mass is 16.4. The van der Waals surface area contributed by atoms with Gasteiger partial charge in [0.05, 0.1) is 0 Å². The Morgan fingerprint density at radius 3 is 2.40 bits per heavy atom. The van der Waals surface area contributed by atoms with Crippen LogP contribution in [0.3, 0.4) is 0 Å². The average molecular weight is 210 g/mol. The fraction of sp³-hybridized carbons (Fsp3) is 0.615. The molecule has 0 amide bonds. The second kappa shape index (κ2) is 9.50. The molecule has 86 valence electrons. The highest BCUT2D eigenvalue weighted by Gasteiger charge is 1.95. The van der Waals surface area contributed by atoms with Crippen molar-refractivity contribution in [3.05, 3.63) is 24.3 Å². The van der Waals surface area contributed by atoms with Gasteiger partial charge in [-0.3, -0.25) is 0 Å². The lowest BCUT2D eigenvalue weighted by molar-refractivity contribution is -0.131. The molecule has 0 aromatic carbocycles. The summed E-state index contributed by atoms with van der Waals surface area (Å²) in [6, 6.07) is 0. The number of carboxylic acids is 1. The highest BCUT2D eigenvalue weighted by molar-refractivity contribution is 5.80. The summed E-state index contributed by atoms with van der Waals surface area (Å²) >= 11 is 0. The summed E-state index contributed by atoms with van der Waals surface area (Å²) in [4.78, 5) is 10.3. The van der Waals surface area contributed by atoms with Gasteiger partial charge in [0.1, 0.15) is 0 Å². The molecule has 0 rings (SSSR count). The Labute approximate surface area is 92.7 Å². The molecule has 0 heterocycles. The molecule has 0 aromatic heterocycles. The molecule has 0 aliphatic heterocycles. The fourth-order valence-electron chi connectivity index (χ4n) is 1.51. The summed E-state index contributed by atoms with van der Waals surface area (Å²) in [6.07, 6.45) is 11.3. The number of aliphatic carboxylic acids is 1. The Hall–Kier alpha value is -1.05. The third kappa shape index (κ3) is 10.9. The maximum Gasteiger partial charge on any atom is 0.328 e. The minimum Gasteiger partial charge on any atom is -0.478 e. The van der Waals surface area contributed by atoms with Gasteiger partial charge in [-0.15, -0.1) is 6.58 Å². The minimum absolute atomic E-state index is 0.835. The first-order valence-electron chi connectivity index (χ1n) is 5.68. The summed E-state index contributed by atoms with van der Waals surface area (Å²) in [5, 5.41) is 8.50. The Kier molecular flexibility index (Phi) is 8.84. The van der Waals surface area contributed by atoms with E-state index in [0.29, 0.717) is 0 Å². The van der Waals surface area contributed by atoms with Crippen molar-refractivity contribution >= 4 is 5.97 Å². The molecule has 0 spiro atoms. The first-order chi connectivity index (χ1) is 7.16. The van der Waals surface area contributed by atoms with Crippen molar-refractivity contribution in [1.29, 1.82) is 0 Å². The van der Waals surface area contributed by atoms with E-state index in [1.807, 2.05) is 13.0 Å². The lowest BCUT2D eigenvalue weighted by Crippen LogP contribution is -1.90. The standard InChI is InChI=1S/C13H22O2/c1-3-4-5-6-7-8-9-10-12(2)11-13(14)15/h3,11H,1,4-10H2,2H3,(H,14,15). The smallest absolute Gasteiger partial charge is 0.328 e. The topological polar surface area (TPSA) is 37.3 Å². The first kappa shape index (κ1) is 13.9. The van der Waals surface area contributed by atoms with E-state index in [9.17, 15) is 4.79 Å². The maximum atomic E-state index is 10.3. The van der Waals surface area contributed by atoms with Crippen molar-refractivity contribution in [3.63, 3.8) is 0 Å². The molecule has 0 radical (unpaired) electrons. The molecule has 15 heavy (non-hydrogen) atoms. The van der Waals surface area contributed by atoms with Gasteiger partial charge >= 0.3 is 5.97 Å². The van der Waals surface area contributed by atoms with Crippen LogP contribution in [0.25, 0.3) is 0 Å². The summed E-state index contributed by atoms with van der Waals surface area (Å²) in [5.74, 6) is -0.835. The van der Waals surface area contributed by atoms with Crippen LogP contribution >= 0.6 is 0 Å². The monoisotopic (exact) mass is 210 g/mol. The maximum absolute atomic E-state index is 10.3. The largest absolute Gasteiger partial charge is 0.478 e. The van der Waals surface area contributed by atoms with Crippen molar-refractivity contribution in [1.82, 2.24) is 0 Å². The van der Waals surface area contributed by atoms with Crippen LogP contribution in [0, 0.1) is 0 Å². The third-order valence-corrected chi connectivity index (χ3v) is 2.35. The Morgan fingerprint density at radius 2 is 1.80 bits per heavy atom. The number of carboxylic acid groups (broad SMARTS) is 1. The summed E-state index contributed by atoms with van der Waals surface area (Å²) in [5.41, 5.74) is 0.966. The molecule has 0 aliphatic carbocycles. The van der Waals surface area contributed by atoms with Gasteiger partial charge < -0.3 is 5.11 Å². The van der Waals surface area contributed by atoms with Crippen molar-refractivity contribution < 1.29 is 9.90 Å². The van der Waals surface area contributed by atoms with Crippen LogP contribution in [-0.4, -0.2) is 11.1 Å². The second-order valence-electron chi connectivity index (χ2n) is 3.92. The lowest BCUT2D eigenvalue weighted by Gasteiger charge is -2.01. The van der Waals surface area contributed by atoms with E-state index in [1.54, 1.807) is 0 Å². The number of unbranched alkanes of at least 4 members (excludes halogenated alkanes) is 5. The van der Waals surface area contributed by atoms with Crippen LogP contribution < -0.4 is 0 Å². The Morgan fingerprint density at radius 1 is 1.20 bits per heavy atom. The fourth-order valence-corrected chi connectivity index (χ4v) is 1.51. The highest BCUT2D eigenvalue weighted by Crippen LogP contribution is 2.11. The number of rotatable bonds is 9. The van der Waals surface area contributed by atoms with E-state index >= 15 is 0 Å². The Balaban J connectivity index is 3.31. The van der Waals surface area contributed by atoms with Gasteiger partial charge in [-0.05, 0) is 32.6 Å². The molecular weight excluding hydrogens is 188 g/mol. The minimum atomic E-state index is -0.835. The first-order valence-corrected chi connectivity index (χ1v) is 5.68. The lowest BCUT2D eigenvalue weighted by atomic mass is 10.1. The number of hydrogen-bond acceptors (Lipinski definition) is 1. The number of hydrogen-bond donors (Lipinski definition) is 1. The van der Waals surface area contributed by atoms with E-state index in [0.717, 1.165) is 24.8 Å². The molecule has 0 aromatic rings. The van der Waals surface area contributed by atoms with Crippen LogP contribution in [0.5, 0.6) is 0 Å². The van der Waals surface area contributed by atoms with Gasteiger partial charge in [0.25, 0.3) is 0 Å². The zero-order valence-electron chi connectivity index (χ0n) is 9.67. The molecule has 2 heteroatoms. The third-order valence-electron chi connectivity index (χ3n) is 2.35. The van der Waals surface area contributed by atoms with Crippen LogP contribution in [0.2, 0.25) is 0 Å². The van der Waals surface area contributed by atoms with Gasteiger partial charge in [-0.1, -0.05) is 30.9 Å². The van der Waals surface area contributed by atoms with Crippen molar-refractivity contribution in [3.8, 4) is 0 Å². The number of allylic oxidation sites excluding steroid dienone is 2.